The number of nitrogens with zero attached hydrogens (tertiary/aromatic N) is 3. The van der Waals surface area contributed by atoms with Crippen LogP contribution in [-0.4, -0.2) is 38.8 Å². The first kappa shape index (κ1) is 16.7. The van der Waals surface area contributed by atoms with E-state index in [-0.39, 0.29) is 30.4 Å². The molecule has 0 radical (unpaired) electrons. The molecular weight excluding hydrogens is 337 g/mol. The number of H-pyrrole nitrogens is 1. The maximum absolute atomic E-state index is 13.2. The highest BCUT2D eigenvalue weighted by molar-refractivity contribution is 5.77. The van der Waals surface area contributed by atoms with Crippen molar-refractivity contribution in [2.24, 2.45) is 5.41 Å². The fourth-order valence-corrected chi connectivity index (χ4v) is 2.99. The number of fused-ring (bicyclic) bond motifs is 1. The molecule has 1 aliphatic rings. The lowest BCUT2D eigenvalue weighted by atomic mass is 10.1. The van der Waals surface area contributed by atoms with Crippen molar-refractivity contribution in [1.29, 1.82) is 0 Å². The summed E-state index contributed by atoms with van der Waals surface area (Å²) >= 11 is 0. The first-order chi connectivity index (χ1) is 12.6. The van der Waals surface area contributed by atoms with Crippen LogP contribution in [0.25, 0.3) is 11.0 Å². The van der Waals surface area contributed by atoms with E-state index >= 15 is 0 Å². The number of aromatic nitrogens is 4. The number of benzene rings is 1. The minimum atomic E-state index is -0.322. The Kier molecular flexibility index (Phi) is 4.42. The van der Waals surface area contributed by atoms with Crippen molar-refractivity contribution in [2.75, 3.05) is 13.2 Å². The van der Waals surface area contributed by atoms with Gasteiger partial charge in [-0.2, -0.15) is 5.10 Å². The average Bonchev–Trinajstić information content (AvgIpc) is 3.01. The zero-order valence-corrected chi connectivity index (χ0v) is 14.2. The van der Waals surface area contributed by atoms with Crippen LogP contribution in [0.2, 0.25) is 0 Å². The highest BCUT2D eigenvalue weighted by Gasteiger charge is 2.43. The van der Waals surface area contributed by atoms with Gasteiger partial charge in [0.1, 0.15) is 24.9 Å². The Hall–Kier alpha value is -2.74. The maximum atomic E-state index is 13.2. The maximum Gasteiger partial charge on any atom is 0.246 e. The molecule has 8 heteroatoms. The Labute approximate surface area is 149 Å². The molecule has 7 nitrogen and oxygen atoms in total. The summed E-state index contributed by atoms with van der Waals surface area (Å²) in [5, 5.41) is 7.15. The van der Waals surface area contributed by atoms with Crippen molar-refractivity contribution in [2.45, 2.75) is 26.0 Å². The highest BCUT2D eigenvalue weighted by atomic mass is 19.1. The molecule has 2 N–H and O–H groups in total. The van der Waals surface area contributed by atoms with Crippen molar-refractivity contribution in [3.05, 3.63) is 48.3 Å². The highest BCUT2D eigenvalue weighted by Crippen LogP contribution is 2.46. The predicted molar refractivity (Wildman–Crippen MR) is 92.6 cm³/mol. The predicted octanol–water partition coefficient (Wildman–Crippen LogP) is 2.01. The average molecular weight is 357 g/mol. The molecule has 0 aliphatic heterocycles. The summed E-state index contributed by atoms with van der Waals surface area (Å²) in [7, 11) is 0. The van der Waals surface area contributed by atoms with Crippen LogP contribution in [0.1, 0.15) is 18.7 Å². The number of amides is 1. The van der Waals surface area contributed by atoms with Crippen LogP contribution in [0.4, 0.5) is 4.39 Å². The molecule has 0 spiro atoms. The topological polar surface area (TPSA) is 84.8 Å². The standard InChI is InChI=1S/C18H20FN5O2/c19-13-2-3-14-15(8-13)23-16(22-14)9-26-10-17(25)20-11-18(4-5-18)12-24-7-1-6-21-24/h1-3,6-8H,4-5,9-12H2,(H,20,25)(H,22,23). The van der Waals surface area contributed by atoms with E-state index in [9.17, 15) is 9.18 Å². The summed E-state index contributed by atoms with van der Waals surface area (Å²) in [6, 6.07) is 6.24. The lowest BCUT2D eigenvalue weighted by molar-refractivity contribution is -0.126. The van der Waals surface area contributed by atoms with Gasteiger partial charge in [0, 0.05) is 30.9 Å². The van der Waals surface area contributed by atoms with E-state index in [0.29, 0.717) is 23.4 Å². The van der Waals surface area contributed by atoms with Gasteiger partial charge in [-0.1, -0.05) is 0 Å². The van der Waals surface area contributed by atoms with E-state index in [1.807, 2.05) is 16.9 Å². The van der Waals surface area contributed by atoms with Gasteiger partial charge in [-0.05, 0) is 37.1 Å². The van der Waals surface area contributed by atoms with Gasteiger partial charge in [0.25, 0.3) is 0 Å². The molecule has 136 valence electrons. The molecule has 0 bridgehead atoms. The molecule has 1 aliphatic carbocycles. The van der Waals surface area contributed by atoms with Gasteiger partial charge in [0.05, 0.1) is 11.0 Å². The number of rotatable bonds is 8. The first-order valence-electron chi connectivity index (χ1n) is 8.58. The van der Waals surface area contributed by atoms with E-state index < -0.39 is 0 Å². The van der Waals surface area contributed by atoms with Gasteiger partial charge in [0.2, 0.25) is 5.91 Å². The molecule has 2 aromatic heterocycles. The molecule has 1 fully saturated rings. The largest absolute Gasteiger partial charge is 0.364 e. The van der Waals surface area contributed by atoms with E-state index in [1.54, 1.807) is 12.3 Å². The third kappa shape index (κ3) is 3.91. The van der Waals surface area contributed by atoms with Crippen molar-refractivity contribution < 1.29 is 13.9 Å². The fraction of sp³-hybridized carbons (Fsp3) is 0.389. The van der Waals surface area contributed by atoms with Crippen molar-refractivity contribution >= 4 is 16.9 Å². The number of hydrogen-bond acceptors (Lipinski definition) is 4. The van der Waals surface area contributed by atoms with E-state index in [4.69, 9.17) is 4.74 Å². The summed E-state index contributed by atoms with van der Waals surface area (Å²) in [4.78, 5) is 19.3. The molecule has 3 aromatic rings. The van der Waals surface area contributed by atoms with Crippen molar-refractivity contribution in [3.63, 3.8) is 0 Å². The number of carbonyl (C=O) groups excluding carboxylic acids is 1. The summed E-state index contributed by atoms with van der Waals surface area (Å²) in [6.45, 7) is 1.57. The SMILES string of the molecule is O=C(COCc1nc2ccc(F)cc2[nH]1)NCC1(Cn2cccn2)CC1. The Morgan fingerprint density at radius 1 is 1.42 bits per heavy atom. The Morgan fingerprint density at radius 2 is 2.31 bits per heavy atom. The second kappa shape index (κ2) is 6.87. The number of hydrogen-bond donors (Lipinski definition) is 2. The number of nitrogens with one attached hydrogen (secondary N) is 2. The molecular formula is C18H20FN5O2. The van der Waals surface area contributed by atoms with E-state index in [0.717, 1.165) is 19.4 Å². The molecule has 0 unspecified atom stereocenters. The monoisotopic (exact) mass is 357 g/mol. The molecule has 1 amide bonds. The van der Waals surface area contributed by atoms with Crippen molar-refractivity contribution in [3.8, 4) is 0 Å². The summed E-state index contributed by atoms with van der Waals surface area (Å²) in [6.07, 6.45) is 5.87. The van der Waals surface area contributed by atoms with Gasteiger partial charge in [-0.25, -0.2) is 9.37 Å². The Bertz CT molecular complexity index is 902. The number of aromatic amines is 1. The minimum Gasteiger partial charge on any atom is -0.364 e. The smallest absolute Gasteiger partial charge is 0.246 e. The normalized spacial score (nSPS) is 15.3. The van der Waals surface area contributed by atoms with Crippen molar-refractivity contribution in [1.82, 2.24) is 25.1 Å². The van der Waals surface area contributed by atoms with Crippen LogP contribution in [0.3, 0.4) is 0 Å². The molecule has 1 saturated carbocycles. The quantitative estimate of drug-likeness (QED) is 0.646. The zero-order valence-electron chi connectivity index (χ0n) is 14.2. The van der Waals surface area contributed by atoms with Gasteiger partial charge in [-0.3, -0.25) is 9.48 Å². The Balaban J connectivity index is 1.21. The second-order valence-electron chi connectivity index (χ2n) is 6.82. The molecule has 4 rings (SSSR count). The Morgan fingerprint density at radius 3 is 3.08 bits per heavy atom. The van der Waals surface area contributed by atoms with Crippen LogP contribution in [0, 0.1) is 11.2 Å². The molecule has 0 atom stereocenters. The van der Waals surface area contributed by atoms with Gasteiger partial charge >= 0.3 is 0 Å². The lowest BCUT2D eigenvalue weighted by Gasteiger charge is -2.16. The summed E-state index contributed by atoms with van der Waals surface area (Å²) < 4.78 is 20.5. The number of ether oxygens (including phenoxy) is 1. The molecule has 0 saturated heterocycles. The van der Waals surface area contributed by atoms with Crippen LogP contribution in [0.5, 0.6) is 0 Å². The first-order valence-corrected chi connectivity index (χ1v) is 8.58. The molecule has 1 aromatic carbocycles. The summed E-state index contributed by atoms with van der Waals surface area (Å²) in [5.74, 6) is 0.0896. The lowest BCUT2D eigenvalue weighted by Crippen LogP contribution is -2.34. The zero-order chi connectivity index (χ0) is 18.0. The molecule has 26 heavy (non-hydrogen) atoms. The third-order valence-corrected chi connectivity index (χ3v) is 4.64. The number of imidazole rings is 1. The van der Waals surface area contributed by atoms with E-state index in [1.165, 1.54) is 12.1 Å². The van der Waals surface area contributed by atoms with Gasteiger partial charge < -0.3 is 15.0 Å². The van der Waals surface area contributed by atoms with Crippen LogP contribution < -0.4 is 5.32 Å². The van der Waals surface area contributed by atoms with Gasteiger partial charge in [-0.15, -0.1) is 0 Å². The second-order valence-corrected chi connectivity index (χ2v) is 6.82. The minimum absolute atomic E-state index is 0.0384. The van der Waals surface area contributed by atoms with E-state index in [2.05, 4.69) is 20.4 Å². The number of carbonyl (C=O) groups is 1. The summed E-state index contributed by atoms with van der Waals surface area (Å²) in [5.41, 5.74) is 1.40. The molecule has 2 heterocycles. The fourth-order valence-electron chi connectivity index (χ4n) is 2.99. The number of halogens is 1. The van der Waals surface area contributed by atoms with Crippen LogP contribution in [-0.2, 0) is 22.7 Å². The van der Waals surface area contributed by atoms with Crippen LogP contribution >= 0.6 is 0 Å². The van der Waals surface area contributed by atoms with Gasteiger partial charge in [0.15, 0.2) is 0 Å². The van der Waals surface area contributed by atoms with Crippen LogP contribution in [0.15, 0.2) is 36.7 Å². The third-order valence-electron chi connectivity index (χ3n) is 4.64.